The molecule has 1 fully saturated rings. The molecular weight excluding hydrogens is 341 g/mol. The third-order valence-electron chi connectivity index (χ3n) is 4.84. The number of hydrogen-bond acceptors (Lipinski definition) is 4. The molecule has 138 valence electrons. The van der Waals surface area contributed by atoms with Gasteiger partial charge in [-0.1, -0.05) is 42.0 Å². The largest absolute Gasteiger partial charge is 0.487 e. The first-order chi connectivity index (χ1) is 13.2. The van der Waals surface area contributed by atoms with E-state index in [-0.39, 0.29) is 11.9 Å². The van der Waals surface area contributed by atoms with Gasteiger partial charge in [-0.15, -0.1) is 0 Å². The average Bonchev–Trinajstić information content (AvgIpc) is 2.70. The van der Waals surface area contributed by atoms with Crippen LogP contribution in [0.2, 0.25) is 0 Å². The third kappa shape index (κ3) is 4.08. The van der Waals surface area contributed by atoms with Crippen molar-refractivity contribution in [1.29, 1.82) is 0 Å². The van der Waals surface area contributed by atoms with Crippen LogP contribution in [-0.2, 0) is 0 Å². The summed E-state index contributed by atoms with van der Waals surface area (Å²) in [6, 6.07) is 14.9. The Morgan fingerprint density at radius 3 is 2.41 bits per heavy atom. The van der Waals surface area contributed by atoms with Gasteiger partial charge in [0.15, 0.2) is 11.6 Å². The lowest BCUT2D eigenvalue weighted by molar-refractivity contribution is 0.163. The van der Waals surface area contributed by atoms with Crippen molar-refractivity contribution < 1.29 is 9.13 Å². The van der Waals surface area contributed by atoms with Gasteiger partial charge in [-0.2, -0.15) is 0 Å². The van der Waals surface area contributed by atoms with E-state index < -0.39 is 0 Å². The lowest BCUT2D eigenvalue weighted by Crippen LogP contribution is -2.39. The Morgan fingerprint density at radius 1 is 0.963 bits per heavy atom. The van der Waals surface area contributed by atoms with Crippen molar-refractivity contribution in [1.82, 2.24) is 9.97 Å². The van der Waals surface area contributed by atoms with Gasteiger partial charge in [0.05, 0.1) is 0 Å². The van der Waals surface area contributed by atoms with Crippen molar-refractivity contribution in [3.05, 3.63) is 72.3 Å². The van der Waals surface area contributed by atoms with Crippen LogP contribution in [-0.4, -0.2) is 29.2 Å². The molecule has 5 heteroatoms. The number of anilines is 1. The summed E-state index contributed by atoms with van der Waals surface area (Å²) in [6.07, 6.45) is 5.40. The van der Waals surface area contributed by atoms with E-state index in [9.17, 15) is 4.39 Å². The summed E-state index contributed by atoms with van der Waals surface area (Å²) in [5.74, 6) is 0.750. The molecule has 0 saturated carbocycles. The van der Waals surface area contributed by atoms with Crippen LogP contribution < -0.4 is 9.64 Å². The minimum Gasteiger partial charge on any atom is -0.487 e. The Kier molecular flexibility index (Phi) is 5.01. The number of piperidine rings is 1. The van der Waals surface area contributed by atoms with Gasteiger partial charge in [-0.25, -0.2) is 14.4 Å². The molecule has 0 amide bonds. The lowest BCUT2D eigenvalue weighted by atomic mass is 10.1. The summed E-state index contributed by atoms with van der Waals surface area (Å²) in [4.78, 5) is 11.2. The SMILES string of the molecule is Cc1cccc(-c2cnc(N3CCC(Oc4ccccc4F)CC3)nc2)c1. The molecule has 1 aromatic heterocycles. The molecule has 1 aliphatic heterocycles. The minimum atomic E-state index is -0.310. The third-order valence-corrected chi connectivity index (χ3v) is 4.84. The molecule has 2 heterocycles. The first kappa shape index (κ1) is 17.5. The molecule has 1 aliphatic rings. The number of aryl methyl sites for hydroxylation is 1. The van der Waals surface area contributed by atoms with E-state index in [1.165, 1.54) is 11.6 Å². The highest BCUT2D eigenvalue weighted by molar-refractivity contribution is 5.62. The Morgan fingerprint density at radius 2 is 1.70 bits per heavy atom. The smallest absolute Gasteiger partial charge is 0.225 e. The van der Waals surface area contributed by atoms with Gasteiger partial charge < -0.3 is 9.64 Å². The second-order valence-electron chi connectivity index (χ2n) is 6.88. The molecule has 0 bridgehead atoms. The minimum absolute atomic E-state index is 0.0183. The molecule has 4 nitrogen and oxygen atoms in total. The van der Waals surface area contributed by atoms with Crippen LogP contribution in [0.1, 0.15) is 18.4 Å². The van der Waals surface area contributed by atoms with Crippen LogP contribution in [0.4, 0.5) is 10.3 Å². The highest BCUT2D eigenvalue weighted by atomic mass is 19.1. The van der Waals surface area contributed by atoms with E-state index in [0.717, 1.165) is 43.0 Å². The molecule has 0 radical (unpaired) electrons. The molecular formula is C22H22FN3O. The predicted octanol–water partition coefficient (Wildman–Crippen LogP) is 4.64. The number of para-hydroxylation sites is 1. The average molecular weight is 363 g/mol. The second kappa shape index (κ2) is 7.74. The van der Waals surface area contributed by atoms with Gasteiger partial charge in [0.2, 0.25) is 5.95 Å². The van der Waals surface area contributed by atoms with Crippen molar-refractivity contribution in [2.75, 3.05) is 18.0 Å². The van der Waals surface area contributed by atoms with Crippen LogP contribution in [0.15, 0.2) is 60.9 Å². The van der Waals surface area contributed by atoms with Gasteiger partial charge in [-0.05, 0) is 24.6 Å². The number of halogens is 1. The van der Waals surface area contributed by atoms with Gasteiger partial charge in [0.1, 0.15) is 6.10 Å². The van der Waals surface area contributed by atoms with Crippen molar-refractivity contribution in [3.8, 4) is 16.9 Å². The summed E-state index contributed by atoms with van der Waals surface area (Å²) in [5.41, 5.74) is 3.35. The first-order valence-corrected chi connectivity index (χ1v) is 9.24. The van der Waals surface area contributed by atoms with E-state index in [0.29, 0.717) is 5.75 Å². The van der Waals surface area contributed by atoms with Crippen LogP contribution >= 0.6 is 0 Å². The predicted molar refractivity (Wildman–Crippen MR) is 104 cm³/mol. The first-order valence-electron chi connectivity index (χ1n) is 9.24. The molecule has 2 aromatic carbocycles. The molecule has 0 aliphatic carbocycles. The summed E-state index contributed by atoms with van der Waals surface area (Å²) in [7, 11) is 0. The van der Waals surface area contributed by atoms with Crippen molar-refractivity contribution in [3.63, 3.8) is 0 Å². The summed E-state index contributed by atoms with van der Waals surface area (Å²) >= 11 is 0. The Bertz CT molecular complexity index is 905. The fraction of sp³-hybridized carbons (Fsp3) is 0.273. The molecule has 0 N–H and O–H groups in total. The zero-order valence-corrected chi connectivity index (χ0v) is 15.3. The normalized spacial score (nSPS) is 15.0. The molecule has 0 atom stereocenters. The number of benzene rings is 2. The summed E-state index contributed by atoms with van der Waals surface area (Å²) < 4.78 is 19.5. The fourth-order valence-corrected chi connectivity index (χ4v) is 3.35. The van der Waals surface area contributed by atoms with Crippen molar-refractivity contribution >= 4 is 5.95 Å². The van der Waals surface area contributed by atoms with Crippen LogP contribution in [0.25, 0.3) is 11.1 Å². The second-order valence-corrected chi connectivity index (χ2v) is 6.88. The van der Waals surface area contributed by atoms with Crippen LogP contribution in [0, 0.1) is 12.7 Å². The summed E-state index contributed by atoms with van der Waals surface area (Å²) in [6.45, 7) is 3.66. The van der Waals surface area contributed by atoms with Gasteiger partial charge in [0.25, 0.3) is 0 Å². The van der Waals surface area contributed by atoms with E-state index in [1.54, 1.807) is 18.2 Å². The van der Waals surface area contributed by atoms with Crippen molar-refractivity contribution in [2.24, 2.45) is 0 Å². The van der Waals surface area contributed by atoms with E-state index >= 15 is 0 Å². The standard InChI is InChI=1S/C22H22FN3O/c1-16-5-4-6-17(13-16)18-14-24-22(25-15-18)26-11-9-19(10-12-26)27-21-8-3-2-7-20(21)23/h2-8,13-15,19H,9-12H2,1H3. The lowest BCUT2D eigenvalue weighted by Gasteiger charge is -2.32. The maximum absolute atomic E-state index is 13.7. The monoisotopic (exact) mass is 363 g/mol. The van der Waals surface area contributed by atoms with E-state index in [4.69, 9.17) is 4.74 Å². The van der Waals surface area contributed by atoms with E-state index in [1.807, 2.05) is 18.5 Å². The highest BCUT2D eigenvalue weighted by Crippen LogP contribution is 2.24. The zero-order chi connectivity index (χ0) is 18.6. The number of aromatic nitrogens is 2. The number of hydrogen-bond donors (Lipinski definition) is 0. The Hall–Kier alpha value is -2.95. The molecule has 4 rings (SSSR count). The van der Waals surface area contributed by atoms with E-state index in [2.05, 4.69) is 40.0 Å². The number of nitrogens with zero attached hydrogens (tertiary/aromatic N) is 3. The summed E-state index contributed by atoms with van der Waals surface area (Å²) in [5, 5.41) is 0. The van der Waals surface area contributed by atoms with Gasteiger partial charge in [-0.3, -0.25) is 0 Å². The topological polar surface area (TPSA) is 38.2 Å². The Balaban J connectivity index is 1.37. The van der Waals surface area contributed by atoms with Crippen LogP contribution in [0.3, 0.4) is 0 Å². The molecule has 0 unspecified atom stereocenters. The quantitative estimate of drug-likeness (QED) is 0.677. The number of ether oxygens (including phenoxy) is 1. The van der Waals surface area contributed by atoms with Gasteiger partial charge >= 0.3 is 0 Å². The molecule has 27 heavy (non-hydrogen) atoms. The highest BCUT2D eigenvalue weighted by Gasteiger charge is 2.23. The van der Waals surface area contributed by atoms with Crippen LogP contribution in [0.5, 0.6) is 5.75 Å². The molecule has 0 spiro atoms. The fourth-order valence-electron chi connectivity index (χ4n) is 3.35. The molecule has 1 saturated heterocycles. The zero-order valence-electron chi connectivity index (χ0n) is 15.3. The van der Waals surface area contributed by atoms with Crippen molar-refractivity contribution in [2.45, 2.75) is 25.9 Å². The maximum Gasteiger partial charge on any atom is 0.225 e. The maximum atomic E-state index is 13.7. The number of rotatable bonds is 4. The Labute approximate surface area is 158 Å². The molecule has 3 aromatic rings. The van der Waals surface area contributed by atoms with Gasteiger partial charge in [0, 0.05) is 43.9 Å².